The smallest absolute Gasteiger partial charge is 0.308 e. The maximum atomic E-state index is 13.1. The Balaban J connectivity index is 2.18. The van der Waals surface area contributed by atoms with Crippen LogP contribution < -0.4 is 14.2 Å². The number of carbonyl (C=O) groups is 2. The topological polar surface area (TPSA) is 75.0 Å². The van der Waals surface area contributed by atoms with Crippen molar-refractivity contribution < 1.29 is 28.2 Å². The van der Waals surface area contributed by atoms with Gasteiger partial charge in [-0.3, -0.25) is 9.59 Å². The number of hydrogen-bond donors (Lipinski definition) is 0. The number of carbonyl (C=O) groups excluding carboxylic acids is 2. The van der Waals surface area contributed by atoms with Crippen molar-refractivity contribution in [1.29, 1.82) is 0 Å². The normalized spacial score (nSPS) is 10.6. The van der Waals surface area contributed by atoms with Crippen LogP contribution in [0.4, 0.5) is 0 Å². The second kappa shape index (κ2) is 7.09. The van der Waals surface area contributed by atoms with E-state index in [4.69, 9.17) is 30.2 Å². The lowest BCUT2D eigenvalue weighted by atomic mass is 10.0. The van der Waals surface area contributed by atoms with Gasteiger partial charge < -0.3 is 18.6 Å². The average Bonchev–Trinajstić information content (AvgIpc) is 3.03. The van der Waals surface area contributed by atoms with Crippen LogP contribution in [-0.4, -0.2) is 26.0 Å². The summed E-state index contributed by atoms with van der Waals surface area (Å²) < 4.78 is 21.1. The first-order valence-corrected chi connectivity index (χ1v) is 7.98. The molecule has 3 aromatic rings. The predicted octanol–water partition coefficient (Wildman–Crippen LogP) is 4.26. The minimum absolute atomic E-state index is 0.0662. The number of hydrogen-bond acceptors (Lipinski definition) is 6. The molecular formula is C19H15ClO6. The SMILES string of the molecule is COc1cc(OC(C)=O)c(C(=O)c2coc3ccc(Cl)cc23)cc1OC. The Bertz CT molecular complexity index is 1000. The lowest BCUT2D eigenvalue weighted by molar-refractivity contribution is -0.131. The number of furan rings is 1. The third-order valence-corrected chi connectivity index (χ3v) is 4.00. The first-order valence-electron chi connectivity index (χ1n) is 7.60. The van der Waals surface area contributed by atoms with Gasteiger partial charge in [-0.05, 0) is 24.3 Å². The predicted molar refractivity (Wildman–Crippen MR) is 95.5 cm³/mol. The number of rotatable bonds is 5. The van der Waals surface area contributed by atoms with Crippen LogP contribution in [0.15, 0.2) is 41.0 Å². The molecule has 1 heterocycles. The molecule has 0 aliphatic rings. The molecule has 0 aliphatic carbocycles. The van der Waals surface area contributed by atoms with E-state index in [-0.39, 0.29) is 11.3 Å². The molecule has 2 aromatic carbocycles. The molecule has 7 heteroatoms. The van der Waals surface area contributed by atoms with Crippen LogP contribution in [0.2, 0.25) is 5.02 Å². The van der Waals surface area contributed by atoms with E-state index < -0.39 is 11.8 Å². The fraction of sp³-hybridized carbons (Fsp3) is 0.158. The molecule has 0 radical (unpaired) electrons. The third-order valence-electron chi connectivity index (χ3n) is 3.76. The van der Waals surface area contributed by atoms with Crippen molar-refractivity contribution in [1.82, 2.24) is 0 Å². The fourth-order valence-electron chi connectivity index (χ4n) is 2.60. The van der Waals surface area contributed by atoms with Gasteiger partial charge in [0.2, 0.25) is 5.78 Å². The van der Waals surface area contributed by atoms with E-state index in [2.05, 4.69) is 0 Å². The van der Waals surface area contributed by atoms with Crippen LogP contribution in [0.3, 0.4) is 0 Å². The number of ether oxygens (including phenoxy) is 3. The van der Waals surface area contributed by atoms with Crippen molar-refractivity contribution in [3.8, 4) is 17.2 Å². The Kier molecular flexibility index (Phi) is 4.86. The summed E-state index contributed by atoms with van der Waals surface area (Å²) in [4.78, 5) is 24.6. The van der Waals surface area contributed by atoms with E-state index in [0.717, 1.165) is 0 Å². The Morgan fingerprint density at radius 2 is 1.65 bits per heavy atom. The van der Waals surface area contributed by atoms with Gasteiger partial charge in [0.25, 0.3) is 0 Å². The summed E-state index contributed by atoms with van der Waals surface area (Å²) in [6, 6.07) is 7.88. The van der Waals surface area contributed by atoms with Crippen molar-refractivity contribution in [3.05, 3.63) is 52.7 Å². The summed E-state index contributed by atoms with van der Waals surface area (Å²) in [6.45, 7) is 1.25. The molecule has 3 rings (SSSR count). The van der Waals surface area contributed by atoms with E-state index >= 15 is 0 Å². The molecule has 0 spiro atoms. The summed E-state index contributed by atoms with van der Waals surface area (Å²) in [7, 11) is 2.90. The zero-order valence-corrected chi connectivity index (χ0v) is 15.0. The van der Waals surface area contributed by atoms with Crippen molar-refractivity contribution in [3.63, 3.8) is 0 Å². The Labute approximate surface area is 154 Å². The maximum absolute atomic E-state index is 13.1. The molecule has 6 nitrogen and oxygen atoms in total. The van der Waals surface area contributed by atoms with Gasteiger partial charge in [0, 0.05) is 23.4 Å². The van der Waals surface area contributed by atoms with Crippen LogP contribution in [0.1, 0.15) is 22.8 Å². The number of methoxy groups -OCH3 is 2. The summed E-state index contributed by atoms with van der Waals surface area (Å²) in [5.74, 6) is -0.232. The van der Waals surface area contributed by atoms with E-state index in [1.165, 1.54) is 39.5 Å². The van der Waals surface area contributed by atoms with Gasteiger partial charge >= 0.3 is 5.97 Å². The molecular weight excluding hydrogens is 360 g/mol. The maximum Gasteiger partial charge on any atom is 0.308 e. The summed E-state index contributed by atoms with van der Waals surface area (Å²) in [5, 5.41) is 1.03. The zero-order valence-electron chi connectivity index (χ0n) is 14.3. The molecule has 0 N–H and O–H groups in total. The van der Waals surface area contributed by atoms with Gasteiger partial charge in [0.15, 0.2) is 11.5 Å². The van der Waals surface area contributed by atoms with Crippen molar-refractivity contribution >= 4 is 34.3 Å². The van der Waals surface area contributed by atoms with Gasteiger partial charge in [-0.25, -0.2) is 0 Å². The van der Waals surface area contributed by atoms with Crippen molar-refractivity contribution in [2.24, 2.45) is 0 Å². The van der Waals surface area contributed by atoms with E-state index in [0.29, 0.717) is 33.1 Å². The second-order valence-corrected chi connectivity index (χ2v) is 5.85. The van der Waals surface area contributed by atoms with E-state index in [9.17, 15) is 9.59 Å². The molecule has 0 unspecified atom stereocenters. The van der Waals surface area contributed by atoms with Gasteiger partial charge in [0.1, 0.15) is 17.6 Å². The largest absolute Gasteiger partial charge is 0.493 e. The van der Waals surface area contributed by atoms with E-state index in [1.807, 2.05) is 0 Å². The molecule has 1 aromatic heterocycles. The highest BCUT2D eigenvalue weighted by molar-refractivity contribution is 6.31. The summed E-state index contributed by atoms with van der Waals surface area (Å²) in [5.41, 5.74) is 0.955. The monoisotopic (exact) mass is 374 g/mol. The number of fused-ring (bicyclic) bond motifs is 1. The number of halogens is 1. The fourth-order valence-corrected chi connectivity index (χ4v) is 2.77. The van der Waals surface area contributed by atoms with Crippen molar-refractivity contribution in [2.45, 2.75) is 6.92 Å². The summed E-state index contributed by atoms with van der Waals surface area (Å²) in [6.07, 6.45) is 1.34. The van der Waals surface area contributed by atoms with Crippen LogP contribution in [0.5, 0.6) is 17.2 Å². The molecule has 0 bridgehead atoms. The number of benzene rings is 2. The molecule has 0 amide bonds. The molecule has 0 atom stereocenters. The van der Waals surface area contributed by atoms with Crippen LogP contribution in [-0.2, 0) is 4.79 Å². The standard InChI is InChI=1S/C19H15ClO6/c1-10(21)26-16-8-18(24-3)17(23-2)7-13(16)19(22)14-9-25-15-5-4-11(20)6-12(14)15/h4-9H,1-3H3. The lowest BCUT2D eigenvalue weighted by Gasteiger charge is -2.13. The minimum atomic E-state index is -0.564. The van der Waals surface area contributed by atoms with Gasteiger partial charge in [-0.15, -0.1) is 0 Å². The van der Waals surface area contributed by atoms with Gasteiger partial charge in [0.05, 0.1) is 25.3 Å². The second-order valence-electron chi connectivity index (χ2n) is 5.42. The Hall–Kier alpha value is -2.99. The van der Waals surface area contributed by atoms with Crippen LogP contribution in [0, 0.1) is 0 Å². The highest BCUT2D eigenvalue weighted by Crippen LogP contribution is 2.37. The number of ketones is 1. The Morgan fingerprint density at radius 3 is 2.31 bits per heavy atom. The minimum Gasteiger partial charge on any atom is -0.493 e. The molecule has 134 valence electrons. The highest BCUT2D eigenvalue weighted by Gasteiger charge is 2.23. The summed E-state index contributed by atoms with van der Waals surface area (Å²) >= 11 is 6.03. The average molecular weight is 375 g/mol. The molecule has 26 heavy (non-hydrogen) atoms. The third kappa shape index (κ3) is 3.23. The molecule has 0 saturated heterocycles. The number of esters is 1. The zero-order chi connectivity index (χ0) is 18.8. The van der Waals surface area contributed by atoms with Gasteiger partial charge in [-0.2, -0.15) is 0 Å². The Morgan fingerprint density at radius 1 is 0.962 bits per heavy atom. The van der Waals surface area contributed by atoms with E-state index in [1.54, 1.807) is 18.2 Å². The molecule has 0 fully saturated rings. The molecule has 0 saturated carbocycles. The van der Waals surface area contributed by atoms with Gasteiger partial charge in [-0.1, -0.05) is 11.6 Å². The first kappa shape index (κ1) is 17.8. The first-order chi connectivity index (χ1) is 12.4. The van der Waals surface area contributed by atoms with Crippen molar-refractivity contribution in [2.75, 3.05) is 14.2 Å². The highest BCUT2D eigenvalue weighted by atomic mass is 35.5. The molecule has 0 aliphatic heterocycles. The van der Waals surface area contributed by atoms with Crippen LogP contribution in [0.25, 0.3) is 11.0 Å². The lowest BCUT2D eigenvalue weighted by Crippen LogP contribution is -2.09. The van der Waals surface area contributed by atoms with Crippen LogP contribution >= 0.6 is 11.6 Å². The quantitative estimate of drug-likeness (QED) is 0.377.